The molecular formula is C12H18ClNO. The first kappa shape index (κ1) is 12.5. The van der Waals surface area contributed by atoms with E-state index >= 15 is 0 Å². The predicted octanol–water partition coefficient (Wildman–Crippen LogP) is 2.68. The fourth-order valence-corrected chi connectivity index (χ4v) is 1.98. The average molecular weight is 228 g/mol. The summed E-state index contributed by atoms with van der Waals surface area (Å²) < 4.78 is 0. The van der Waals surface area contributed by atoms with Gasteiger partial charge in [0.25, 0.3) is 0 Å². The molecule has 1 aromatic carbocycles. The van der Waals surface area contributed by atoms with Crippen LogP contribution in [-0.4, -0.2) is 11.7 Å². The third kappa shape index (κ3) is 2.94. The van der Waals surface area contributed by atoms with Gasteiger partial charge in [-0.25, -0.2) is 0 Å². The highest BCUT2D eigenvalue weighted by molar-refractivity contribution is 6.31. The van der Waals surface area contributed by atoms with Gasteiger partial charge < -0.3 is 10.8 Å². The first-order valence-electron chi connectivity index (χ1n) is 5.29. The molecule has 1 atom stereocenters. The monoisotopic (exact) mass is 227 g/mol. The lowest BCUT2D eigenvalue weighted by molar-refractivity contribution is 0.185. The Hall–Kier alpha value is -0.570. The summed E-state index contributed by atoms with van der Waals surface area (Å²) in [5.41, 5.74) is 6.31. The number of aliphatic hydroxyl groups excluding tert-OH is 1. The molecule has 15 heavy (non-hydrogen) atoms. The highest BCUT2D eigenvalue weighted by Gasteiger charge is 2.27. The molecule has 2 nitrogen and oxygen atoms in total. The zero-order chi connectivity index (χ0) is 11.3. The zero-order valence-corrected chi connectivity index (χ0v) is 9.80. The normalized spacial score (nSPS) is 14.9. The number of hydrogen-bond donors (Lipinski definition) is 2. The van der Waals surface area contributed by atoms with Crippen LogP contribution < -0.4 is 5.73 Å². The fourth-order valence-electron chi connectivity index (χ4n) is 1.66. The van der Waals surface area contributed by atoms with E-state index < -0.39 is 5.54 Å². The molecule has 0 amide bonds. The van der Waals surface area contributed by atoms with Crippen molar-refractivity contribution in [1.29, 1.82) is 0 Å². The van der Waals surface area contributed by atoms with Crippen LogP contribution in [0.5, 0.6) is 0 Å². The van der Waals surface area contributed by atoms with Crippen molar-refractivity contribution in [3.05, 3.63) is 34.9 Å². The average Bonchev–Trinajstić information content (AvgIpc) is 2.26. The lowest BCUT2D eigenvalue weighted by atomic mass is 9.87. The Kier molecular flexibility index (Phi) is 4.58. The first-order chi connectivity index (χ1) is 7.14. The van der Waals surface area contributed by atoms with Crippen molar-refractivity contribution in [2.24, 2.45) is 5.73 Å². The molecule has 0 fully saturated rings. The maximum absolute atomic E-state index is 9.41. The smallest absolute Gasteiger partial charge is 0.0658 e. The first-order valence-corrected chi connectivity index (χ1v) is 5.66. The molecule has 0 heterocycles. The van der Waals surface area contributed by atoms with Crippen LogP contribution in [0, 0.1) is 0 Å². The highest BCUT2D eigenvalue weighted by Crippen LogP contribution is 2.29. The van der Waals surface area contributed by atoms with Crippen LogP contribution in [0.1, 0.15) is 31.7 Å². The van der Waals surface area contributed by atoms with E-state index in [9.17, 15) is 5.11 Å². The molecule has 84 valence electrons. The molecule has 3 N–H and O–H groups in total. The van der Waals surface area contributed by atoms with E-state index in [4.69, 9.17) is 17.3 Å². The Morgan fingerprint density at radius 3 is 2.60 bits per heavy atom. The van der Waals surface area contributed by atoms with Crippen molar-refractivity contribution in [1.82, 2.24) is 0 Å². The topological polar surface area (TPSA) is 46.2 Å². The molecular weight excluding hydrogens is 210 g/mol. The number of unbranched alkanes of at least 4 members (excludes halogenated alkanes) is 1. The van der Waals surface area contributed by atoms with E-state index in [1.807, 2.05) is 18.2 Å². The largest absolute Gasteiger partial charge is 0.394 e. The Morgan fingerprint density at radius 1 is 1.40 bits per heavy atom. The maximum Gasteiger partial charge on any atom is 0.0658 e. The number of rotatable bonds is 5. The van der Waals surface area contributed by atoms with Crippen LogP contribution in [0.25, 0.3) is 0 Å². The summed E-state index contributed by atoms with van der Waals surface area (Å²) in [6.45, 7) is 2.03. The van der Waals surface area contributed by atoms with E-state index in [1.54, 1.807) is 6.07 Å². The summed E-state index contributed by atoms with van der Waals surface area (Å²) in [4.78, 5) is 0. The molecule has 0 unspecified atom stereocenters. The lowest BCUT2D eigenvalue weighted by Gasteiger charge is -2.28. The van der Waals surface area contributed by atoms with E-state index in [2.05, 4.69) is 6.92 Å². The summed E-state index contributed by atoms with van der Waals surface area (Å²) in [7, 11) is 0. The number of halogens is 1. The van der Waals surface area contributed by atoms with Gasteiger partial charge in [0.05, 0.1) is 12.1 Å². The third-order valence-electron chi connectivity index (χ3n) is 2.67. The Morgan fingerprint density at radius 2 is 2.07 bits per heavy atom. The molecule has 0 spiro atoms. The Balaban J connectivity index is 2.95. The molecule has 0 aliphatic carbocycles. The van der Waals surface area contributed by atoms with E-state index in [0.29, 0.717) is 5.02 Å². The standard InChI is InChI=1S/C12H18ClNO/c1-2-3-8-12(14,9-15)10-6-4-5-7-11(10)13/h4-7,15H,2-3,8-9,14H2,1H3/t12-/m0/s1. The third-order valence-corrected chi connectivity index (χ3v) is 3.00. The second-order valence-electron chi connectivity index (χ2n) is 3.90. The minimum Gasteiger partial charge on any atom is -0.394 e. The maximum atomic E-state index is 9.41. The van der Waals surface area contributed by atoms with E-state index in [-0.39, 0.29) is 6.61 Å². The molecule has 0 bridgehead atoms. The summed E-state index contributed by atoms with van der Waals surface area (Å²) in [6.07, 6.45) is 2.80. The summed E-state index contributed by atoms with van der Waals surface area (Å²) in [5, 5.41) is 10.0. The molecule has 0 radical (unpaired) electrons. The van der Waals surface area contributed by atoms with Crippen LogP contribution in [0.2, 0.25) is 5.02 Å². The lowest BCUT2D eigenvalue weighted by Crippen LogP contribution is -2.40. The van der Waals surface area contributed by atoms with Gasteiger partial charge in [-0.2, -0.15) is 0 Å². The number of aliphatic hydroxyl groups is 1. The summed E-state index contributed by atoms with van der Waals surface area (Å²) in [6, 6.07) is 7.45. The molecule has 0 saturated heterocycles. The second kappa shape index (κ2) is 5.50. The van der Waals surface area contributed by atoms with Gasteiger partial charge in [0.15, 0.2) is 0 Å². The molecule has 1 rings (SSSR count). The van der Waals surface area contributed by atoms with Gasteiger partial charge in [-0.15, -0.1) is 0 Å². The van der Waals surface area contributed by atoms with Crippen molar-refractivity contribution in [3.8, 4) is 0 Å². The zero-order valence-electron chi connectivity index (χ0n) is 9.04. The van der Waals surface area contributed by atoms with Gasteiger partial charge >= 0.3 is 0 Å². The van der Waals surface area contributed by atoms with Crippen molar-refractivity contribution in [2.75, 3.05) is 6.61 Å². The predicted molar refractivity (Wildman–Crippen MR) is 63.9 cm³/mol. The van der Waals surface area contributed by atoms with Crippen molar-refractivity contribution in [2.45, 2.75) is 31.7 Å². The quantitative estimate of drug-likeness (QED) is 0.813. The van der Waals surface area contributed by atoms with Crippen LogP contribution >= 0.6 is 11.6 Å². The highest BCUT2D eigenvalue weighted by atomic mass is 35.5. The van der Waals surface area contributed by atoms with Crippen molar-refractivity contribution >= 4 is 11.6 Å². The summed E-state index contributed by atoms with van der Waals surface area (Å²) >= 11 is 6.08. The van der Waals surface area contributed by atoms with Gasteiger partial charge in [0.1, 0.15) is 0 Å². The van der Waals surface area contributed by atoms with Crippen LogP contribution in [0.3, 0.4) is 0 Å². The number of hydrogen-bond acceptors (Lipinski definition) is 2. The van der Waals surface area contributed by atoms with Crippen LogP contribution in [-0.2, 0) is 5.54 Å². The SMILES string of the molecule is CCCC[C@](N)(CO)c1ccccc1Cl. The fraction of sp³-hybridized carbons (Fsp3) is 0.500. The van der Waals surface area contributed by atoms with Gasteiger partial charge in [-0.1, -0.05) is 49.6 Å². The van der Waals surface area contributed by atoms with E-state index in [0.717, 1.165) is 24.8 Å². The van der Waals surface area contributed by atoms with Crippen molar-refractivity contribution < 1.29 is 5.11 Å². The minimum atomic E-state index is -0.700. The van der Waals surface area contributed by atoms with Crippen molar-refractivity contribution in [3.63, 3.8) is 0 Å². The molecule has 0 aliphatic rings. The van der Waals surface area contributed by atoms with Gasteiger partial charge in [-0.05, 0) is 18.1 Å². The Bertz CT molecular complexity index is 316. The van der Waals surface area contributed by atoms with Gasteiger partial charge in [0.2, 0.25) is 0 Å². The molecule has 0 aliphatic heterocycles. The minimum absolute atomic E-state index is 0.0727. The van der Waals surface area contributed by atoms with Gasteiger partial charge in [-0.3, -0.25) is 0 Å². The Labute approximate surface area is 96.1 Å². The van der Waals surface area contributed by atoms with E-state index in [1.165, 1.54) is 0 Å². The second-order valence-corrected chi connectivity index (χ2v) is 4.30. The van der Waals surface area contributed by atoms with Crippen LogP contribution in [0.4, 0.5) is 0 Å². The molecule has 3 heteroatoms. The number of nitrogens with two attached hydrogens (primary N) is 1. The molecule has 1 aromatic rings. The number of benzene rings is 1. The molecule has 0 aromatic heterocycles. The van der Waals surface area contributed by atoms with Crippen LogP contribution in [0.15, 0.2) is 24.3 Å². The van der Waals surface area contributed by atoms with Gasteiger partial charge in [0, 0.05) is 5.02 Å². The summed E-state index contributed by atoms with van der Waals surface area (Å²) in [5.74, 6) is 0. The molecule has 0 saturated carbocycles.